The Balaban J connectivity index is 2.24. The fourth-order valence-electron chi connectivity index (χ4n) is 2.94. The molecule has 2 rings (SSSR count). The van der Waals surface area contributed by atoms with Crippen LogP contribution in [0.2, 0.25) is 0 Å². The van der Waals surface area contributed by atoms with Gasteiger partial charge in [-0.05, 0) is 48.8 Å². The highest BCUT2D eigenvalue weighted by atomic mass is 16.5. The minimum absolute atomic E-state index is 0.319. The summed E-state index contributed by atoms with van der Waals surface area (Å²) in [7, 11) is 1.66. The summed E-state index contributed by atoms with van der Waals surface area (Å²) in [6.45, 7) is 4.42. The lowest BCUT2D eigenvalue weighted by Crippen LogP contribution is -2.38. The van der Waals surface area contributed by atoms with Crippen molar-refractivity contribution in [3.63, 3.8) is 0 Å². The van der Waals surface area contributed by atoms with Gasteiger partial charge >= 0.3 is 0 Å². The molecule has 1 N–H and O–H groups in total. The molecule has 1 aliphatic carbocycles. The van der Waals surface area contributed by atoms with Crippen molar-refractivity contribution in [1.82, 2.24) is 0 Å². The van der Waals surface area contributed by atoms with Crippen LogP contribution in [0.4, 0.5) is 0 Å². The summed E-state index contributed by atoms with van der Waals surface area (Å²) in [5, 5.41) is 10.9. The van der Waals surface area contributed by atoms with Gasteiger partial charge in [0.1, 0.15) is 5.75 Å². The lowest BCUT2D eigenvalue weighted by Gasteiger charge is -2.41. The summed E-state index contributed by atoms with van der Waals surface area (Å²) in [5.41, 5.74) is 0.372. The summed E-state index contributed by atoms with van der Waals surface area (Å²) in [6, 6.07) is 7.84. The van der Waals surface area contributed by atoms with E-state index in [9.17, 15) is 5.11 Å². The molecule has 3 atom stereocenters. The molecule has 1 saturated carbocycles. The number of methoxy groups -OCH3 is 1. The first-order chi connectivity index (χ1) is 8.06. The first-order valence-electron chi connectivity index (χ1n) is 6.43. The van der Waals surface area contributed by atoms with Gasteiger partial charge in [-0.25, -0.2) is 0 Å². The van der Waals surface area contributed by atoms with Crippen molar-refractivity contribution in [2.24, 2.45) is 11.8 Å². The fraction of sp³-hybridized carbons (Fsp3) is 0.600. The fourth-order valence-corrected chi connectivity index (χ4v) is 2.94. The van der Waals surface area contributed by atoms with Gasteiger partial charge in [-0.15, -0.1) is 0 Å². The van der Waals surface area contributed by atoms with Crippen LogP contribution in [0.5, 0.6) is 5.75 Å². The van der Waals surface area contributed by atoms with E-state index in [4.69, 9.17) is 4.74 Å². The number of hydrogen-bond donors (Lipinski definition) is 1. The Kier molecular flexibility index (Phi) is 3.43. The number of aliphatic hydroxyl groups is 1. The first-order valence-corrected chi connectivity index (χ1v) is 6.43. The second-order valence-corrected chi connectivity index (χ2v) is 5.43. The Morgan fingerprint density at radius 1 is 1.24 bits per heavy atom. The van der Waals surface area contributed by atoms with Crippen LogP contribution in [-0.4, -0.2) is 12.2 Å². The molecule has 0 saturated heterocycles. The second kappa shape index (κ2) is 4.69. The maximum Gasteiger partial charge on any atom is 0.118 e. The van der Waals surface area contributed by atoms with E-state index < -0.39 is 5.60 Å². The normalized spacial score (nSPS) is 33.4. The summed E-state index contributed by atoms with van der Waals surface area (Å²) in [5.74, 6) is 1.89. The molecule has 0 spiro atoms. The Labute approximate surface area is 104 Å². The Morgan fingerprint density at radius 3 is 2.41 bits per heavy atom. The van der Waals surface area contributed by atoms with Crippen LogP contribution in [0.1, 0.15) is 38.7 Å². The number of benzene rings is 1. The van der Waals surface area contributed by atoms with Gasteiger partial charge in [0.15, 0.2) is 0 Å². The lowest BCUT2D eigenvalue weighted by molar-refractivity contribution is -0.0588. The van der Waals surface area contributed by atoms with E-state index in [-0.39, 0.29) is 0 Å². The third-order valence-electron chi connectivity index (χ3n) is 4.18. The maximum absolute atomic E-state index is 10.9. The van der Waals surface area contributed by atoms with Crippen LogP contribution < -0.4 is 4.74 Å². The SMILES string of the molecule is COc1ccc(C2(O)CCC(C)CC2C)cc1. The van der Waals surface area contributed by atoms with E-state index in [0.717, 1.165) is 36.5 Å². The molecule has 0 heterocycles. The standard InChI is InChI=1S/C15H22O2/c1-11-8-9-15(16,12(2)10-11)13-4-6-14(17-3)7-5-13/h4-7,11-12,16H,8-10H2,1-3H3. The van der Waals surface area contributed by atoms with E-state index in [1.165, 1.54) is 0 Å². The highest BCUT2D eigenvalue weighted by Crippen LogP contribution is 2.43. The summed E-state index contributed by atoms with van der Waals surface area (Å²) < 4.78 is 5.15. The molecule has 1 aromatic rings. The van der Waals surface area contributed by atoms with E-state index >= 15 is 0 Å². The second-order valence-electron chi connectivity index (χ2n) is 5.43. The van der Waals surface area contributed by atoms with Crippen molar-refractivity contribution in [3.05, 3.63) is 29.8 Å². The summed E-state index contributed by atoms with van der Waals surface area (Å²) in [4.78, 5) is 0. The minimum Gasteiger partial charge on any atom is -0.497 e. The van der Waals surface area contributed by atoms with Crippen LogP contribution >= 0.6 is 0 Å². The monoisotopic (exact) mass is 234 g/mol. The molecular formula is C15H22O2. The molecule has 1 aromatic carbocycles. The van der Waals surface area contributed by atoms with Crippen molar-refractivity contribution in [2.45, 2.75) is 38.7 Å². The third kappa shape index (κ3) is 2.32. The molecule has 1 fully saturated rings. The average Bonchev–Trinajstić information content (AvgIpc) is 2.34. The quantitative estimate of drug-likeness (QED) is 0.850. The molecule has 94 valence electrons. The highest BCUT2D eigenvalue weighted by Gasteiger charge is 2.39. The summed E-state index contributed by atoms with van der Waals surface area (Å²) >= 11 is 0. The molecule has 2 heteroatoms. The molecule has 2 nitrogen and oxygen atoms in total. The molecule has 0 bridgehead atoms. The van der Waals surface area contributed by atoms with Gasteiger partial charge in [0.05, 0.1) is 12.7 Å². The molecule has 0 radical (unpaired) electrons. The molecule has 0 aliphatic heterocycles. The van der Waals surface area contributed by atoms with Crippen LogP contribution in [0.25, 0.3) is 0 Å². The molecule has 1 aliphatic rings. The van der Waals surface area contributed by atoms with Crippen molar-refractivity contribution < 1.29 is 9.84 Å². The maximum atomic E-state index is 10.9. The van der Waals surface area contributed by atoms with Gasteiger partial charge in [0, 0.05) is 0 Å². The predicted octanol–water partition coefficient (Wildman–Crippen LogP) is 3.34. The lowest BCUT2D eigenvalue weighted by atomic mass is 9.69. The largest absolute Gasteiger partial charge is 0.497 e. The van der Waals surface area contributed by atoms with Crippen LogP contribution in [0.15, 0.2) is 24.3 Å². The van der Waals surface area contributed by atoms with Crippen molar-refractivity contribution >= 4 is 0 Å². The molecule has 17 heavy (non-hydrogen) atoms. The van der Waals surface area contributed by atoms with Crippen LogP contribution in [0.3, 0.4) is 0 Å². The first kappa shape index (κ1) is 12.4. The molecule has 3 unspecified atom stereocenters. The van der Waals surface area contributed by atoms with Crippen molar-refractivity contribution in [2.75, 3.05) is 7.11 Å². The molecule has 0 aromatic heterocycles. The Morgan fingerprint density at radius 2 is 1.88 bits per heavy atom. The Hall–Kier alpha value is -1.02. The molecule has 0 amide bonds. The topological polar surface area (TPSA) is 29.5 Å². The zero-order valence-corrected chi connectivity index (χ0v) is 10.9. The molecular weight excluding hydrogens is 212 g/mol. The van der Waals surface area contributed by atoms with Crippen molar-refractivity contribution in [1.29, 1.82) is 0 Å². The zero-order valence-electron chi connectivity index (χ0n) is 10.9. The van der Waals surface area contributed by atoms with Gasteiger partial charge < -0.3 is 9.84 Å². The average molecular weight is 234 g/mol. The van der Waals surface area contributed by atoms with Gasteiger partial charge in [0.25, 0.3) is 0 Å². The van der Waals surface area contributed by atoms with Gasteiger partial charge in [-0.3, -0.25) is 0 Å². The van der Waals surface area contributed by atoms with Crippen LogP contribution in [-0.2, 0) is 5.60 Å². The van der Waals surface area contributed by atoms with E-state index in [2.05, 4.69) is 13.8 Å². The van der Waals surface area contributed by atoms with Gasteiger partial charge in [0.2, 0.25) is 0 Å². The number of rotatable bonds is 2. The van der Waals surface area contributed by atoms with E-state index in [1.807, 2.05) is 24.3 Å². The Bertz CT molecular complexity index is 371. The minimum atomic E-state index is -0.654. The third-order valence-corrected chi connectivity index (χ3v) is 4.18. The number of ether oxygens (including phenoxy) is 1. The number of hydrogen-bond acceptors (Lipinski definition) is 2. The van der Waals surface area contributed by atoms with Gasteiger partial charge in [-0.2, -0.15) is 0 Å². The predicted molar refractivity (Wildman–Crippen MR) is 69.1 cm³/mol. The van der Waals surface area contributed by atoms with E-state index in [1.54, 1.807) is 7.11 Å². The highest BCUT2D eigenvalue weighted by molar-refractivity contribution is 5.31. The van der Waals surface area contributed by atoms with Gasteiger partial charge in [-0.1, -0.05) is 26.0 Å². The summed E-state index contributed by atoms with van der Waals surface area (Å²) in [6.07, 6.45) is 3.07. The smallest absolute Gasteiger partial charge is 0.118 e. The zero-order chi connectivity index (χ0) is 12.5. The van der Waals surface area contributed by atoms with Crippen LogP contribution in [0, 0.1) is 11.8 Å². The van der Waals surface area contributed by atoms with E-state index in [0.29, 0.717) is 5.92 Å². The van der Waals surface area contributed by atoms with Crippen molar-refractivity contribution in [3.8, 4) is 5.75 Å².